The molecule has 2 heterocycles. The Kier molecular flexibility index (Phi) is 6.67. The molecule has 0 bridgehead atoms. The molecule has 0 aromatic carbocycles. The molecule has 4 fully saturated rings. The average molecular weight is 417 g/mol. The van der Waals surface area contributed by atoms with Crippen LogP contribution in [0.4, 0.5) is 4.39 Å². The lowest BCUT2D eigenvalue weighted by Gasteiger charge is -2.48. The smallest absolute Gasteiger partial charge is 0.247 e. The Morgan fingerprint density at radius 3 is 2.82 bits per heavy atom. The number of carbonyl (C=O) groups is 1. The van der Waals surface area contributed by atoms with Crippen molar-refractivity contribution in [3.8, 4) is 0 Å². The van der Waals surface area contributed by atoms with Gasteiger partial charge in [-0.15, -0.1) is 0 Å². The maximum Gasteiger partial charge on any atom is 0.247 e. The number of hydrogen-bond donors (Lipinski definition) is 4. The number of halogens is 1. The first-order valence-electron chi connectivity index (χ1n) is 10.8. The molecule has 4 rings (SSSR count). The van der Waals surface area contributed by atoms with Gasteiger partial charge in [-0.3, -0.25) is 9.52 Å². The van der Waals surface area contributed by atoms with Crippen molar-refractivity contribution in [3.63, 3.8) is 0 Å². The fraction of sp³-hybridized carbons (Fsp3) is 0.947. The van der Waals surface area contributed by atoms with Crippen LogP contribution < -0.4 is 15.4 Å². The molecule has 8 atom stereocenters. The van der Waals surface area contributed by atoms with Crippen molar-refractivity contribution in [2.75, 3.05) is 19.6 Å². The molecule has 0 aromatic rings. The largest absolute Gasteiger partial charge is 0.391 e. The van der Waals surface area contributed by atoms with Gasteiger partial charge in [0.2, 0.25) is 5.91 Å². The molecule has 0 aromatic heterocycles. The first-order valence-corrected chi connectivity index (χ1v) is 11.9. The molecule has 1 amide bonds. The lowest BCUT2D eigenvalue weighted by atomic mass is 9.66. The van der Waals surface area contributed by atoms with Crippen molar-refractivity contribution in [1.29, 1.82) is 0 Å². The summed E-state index contributed by atoms with van der Waals surface area (Å²) in [5.41, 5.74) is 0. The van der Waals surface area contributed by atoms with Crippen molar-refractivity contribution < 1.29 is 18.5 Å². The van der Waals surface area contributed by atoms with Crippen molar-refractivity contribution in [1.82, 2.24) is 19.7 Å². The monoisotopic (exact) mass is 416 g/mol. The van der Waals surface area contributed by atoms with Gasteiger partial charge in [0.15, 0.2) is 11.2 Å². The van der Waals surface area contributed by atoms with Gasteiger partial charge in [0.1, 0.15) is 6.17 Å². The third-order valence-corrected chi connectivity index (χ3v) is 8.31. The quantitative estimate of drug-likeness (QED) is 0.520. The van der Waals surface area contributed by atoms with Crippen LogP contribution >= 0.6 is 0 Å². The summed E-state index contributed by atoms with van der Waals surface area (Å²) < 4.78 is 31.2. The first-order chi connectivity index (χ1) is 13.5. The molecule has 0 radical (unpaired) electrons. The Morgan fingerprint density at radius 1 is 1.25 bits per heavy atom. The van der Waals surface area contributed by atoms with E-state index in [1.54, 1.807) is 0 Å². The van der Waals surface area contributed by atoms with E-state index in [0.29, 0.717) is 18.5 Å². The van der Waals surface area contributed by atoms with E-state index < -0.39 is 29.5 Å². The molecule has 4 aliphatic rings. The maximum absolute atomic E-state index is 15.5. The highest BCUT2D eigenvalue weighted by Crippen LogP contribution is 2.44. The second kappa shape index (κ2) is 9.04. The van der Waals surface area contributed by atoms with Gasteiger partial charge in [-0.05, 0) is 69.9 Å². The highest BCUT2D eigenvalue weighted by atomic mass is 32.2. The van der Waals surface area contributed by atoms with Crippen LogP contribution in [0.5, 0.6) is 0 Å². The number of piperidine rings is 1. The molecule has 2 aliphatic carbocycles. The van der Waals surface area contributed by atoms with Crippen LogP contribution in [0.15, 0.2) is 0 Å². The van der Waals surface area contributed by atoms with Gasteiger partial charge in [0.25, 0.3) is 0 Å². The lowest BCUT2D eigenvalue weighted by Crippen LogP contribution is -2.58. The van der Waals surface area contributed by atoms with Crippen LogP contribution in [-0.2, 0) is 16.0 Å². The predicted octanol–water partition coefficient (Wildman–Crippen LogP) is 0.375. The molecule has 2 aliphatic heterocycles. The van der Waals surface area contributed by atoms with E-state index in [1.807, 2.05) is 0 Å². The molecule has 0 spiro atoms. The highest BCUT2D eigenvalue weighted by molar-refractivity contribution is 7.81. The Morgan fingerprint density at radius 2 is 2.11 bits per heavy atom. The van der Waals surface area contributed by atoms with Gasteiger partial charge < -0.3 is 15.7 Å². The zero-order valence-corrected chi connectivity index (χ0v) is 17.1. The summed E-state index contributed by atoms with van der Waals surface area (Å²) in [6.07, 6.45) is 5.95. The summed E-state index contributed by atoms with van der Waals surface area (Å²) in [5, 5.41) is 17.7. The van der Waals surface area contributed by atoms with Crippen LogP contribution in [-0.4, -0.2) is 69.6 Å². The second-order valence-corrected chi connectivity index (χ2v) is 10.1. The molecular weight excluding hydrogens is 383 g/mol. The predicted molar refractivity (Wildman–Crippen MR) is 105 cm³/mol. The number of carbonyl (C=O) groups excluding carboxylic acids is 1. The minimum Gasteiger partial charge on any atom is -0.391 e. The standard InChI is InChI=1S/C19H33FN4O3S/c20-18-15-10-14(22-8-6-13-3-1-2-7-21-13)5-4-12(15)9-16(25)19(18)24-11-17(26)23-28(24)27/h12-16,18-19,21-22,25H,1-11H2,(H,23,26). The number of amides is 1. The van der Waals surface area contributed by atoms with Crippen LogP contribution in [0.3, 0.4) is 0 Å². The number of rotatable bonds is 5. The summed E-state index contributed by atoms with van der Waals surface area (Å²) in [6.45, 7) is 1.94. The third kappa shape index (κ3) is 4.43. The lowest BCUT2D eigenvalue weighted by molar-refractivity contribution is -0.119. The molecule has 4 N–H and O–H groups in total. The van der Waals surface area contributed by atoms with Crippen molar-refractivity contribution in [3.05, 3.63) is 0 Å². The number of nitrogens with one attached hydrogen (secondary N) is 3. The van der Waals surface area contributed by atoms with E-state index in [4.69, 9.17) is 0 Å². The van der Waals surface area contributed by atoms with E-state index in [1.165, 1.54) is 23.6 Å². The van der Waals surface area contributed by atoms with E-state index in [2.05, 4.69) is 15.4 Å². The van der Waals surface area contributed by atoms with E-state index in [-0.39, 0.29) is 24.3 Å². The van der Waals surface area contributed by atoms with Crippen LogP contribution in [0.25, 0.3) is 0 Å². The van der Waals surface area contributed by atoms with Gasteiger partial charge in [-0.1, -0.05) is 6.42 Å². The van der Waals surface area contributed by atoms with Crippen LogP contribution in [0.2, 0.25) is 0 Å². The summed E-state index contributed by atoms with van der Waals surface area (Å²) in [7, 11) is 0. The zero-order chi connectivity index (χ0) is 19.7. The fourth-order valence-corrected chi connectivity index (χ4v) is 6.73. The van der Waals surface area contributed by atoms with Crippen molar-refractivity contribution in [2.24, 2.45) is 11.8 Å². The van der Waals surface area contributed by atoms with Crippen LogP contribution in [0.1, 0.15) is 51.4 Å². The van der Waals surface area contributed by atoms with Crippen molar-refractivity contribution >= 4 is 17.1 Å². The molecular formula is C19H33FN4O3S. The van der Waals surface area contributed by atoms with Gasteiger partial charge in [0, 0.05) is 12.1 Å². The fourth-order valence-electron chi connectivity index (χ4n) is 5.64. The van der Waals surface area contributed by atoms with E-state index in [0.717, 1.165) is 38.8 Å². The molecule has 9 heteroatoms. The molecule has 7 nitrogen and oxygen atoms in total. The SMILES string of the molecule is O=C1CN(C2C(O)CC3CCC(NCCC4CCCCN4)CC3C2F)S(=O)N1. The van der Waals surface area contributed by atoms with E-state index in [9.17, 15) is 14.1 Å². The molecule has 28 heavy (non-hydrogen) atoms. The Hall–Kier alpha value is -0.610. The first kappa shape index (κ1) is 20.7. The van der Waals surface area contributed by atoms with Gasteiger partial charge >= 0.3 is 0 Å². The minimum atomic E-state index is -1.75. The number of hydrogen-bond acceptors (Lipinski definition) is 5. The van der Waals surface area contributed by atoms with E-state index >= 15 is 4.39 Å². The summed E-state index contributed by atoms with van der Waals surface area (Å²) in [4.78, 5) is 11.5. The Labute approximate surface area is 168 Å². The number of fused-ring (bicyclic) bond motifs is 1. The summed E-state index contributed by atoms with van der Waals surface area (Å²) in [6, 6.07) is 0.0185. The Bertz CT molecular complexity index is 592. The van der Waals surface area contributed by atoms with Crippen LogP contribution in [0, 0.1) is 11.8 Å². The topological polar surface area (TPSA) is 93.7 Å². The van der Waals surface area contributed by atoms with Gasteiger partial charge in [-0.2, -0.15) is 4.31 Å². The average Bonchev–Trinajstić information content (AvgIpc) is 3.01. The number of alkyl halides is 1. The molecule has 160 valence electrons. The highest BCUT2D eigenvalue weighted by Gasteiger charge is 2.51. The normalized spacial score (nSPS) is 44.9. The minimum absolute atomic E-state index is 0.109. The third-order valence-electron chi connectivity index (χ3n) is 7.11. The maximum atomic E-state index is 15.5. The molecule has 2 saturated heterocycles. The van der Waals surface area contributed by atoms with Gasteiger partial charge in [0.05, 0.1) is 18.7 Å². The molecule has 8 unspecified atom stereocenters. The molecule has 2 saturated carbocycles. The summed E-state index contributed by atoms with van der Waals surface area (Å²) in [5.74, 6) is -0.362. The summed E-state index contributed by atoms with van der Waals surface area (Å²) >= 11 is -1.75. The number of aliphatic hydroxyl groups is 1. The number of aliphatic hydroxyl groups excluding tert-OH is 1. The second-order valence-electron chi connectivity index (χ2n) is 8.91. The van der Waals surface area contributed by atoms with Crippen molar-refractivity contribution in [2.45, 2.75) is 81.8 Å². The Balaban J connectivity index is 1.32. The van der Waals surface area contributed by atoms with Gasteiger partial charge in [-0.25, -0.2) is 8.60 Å². The zero-order valence-electron chi connectivity index (χ0n) is 16.3. The number of nitrogens with zero attached hydrogens (tertiary/aromatic N) is 1.